The molecule has 12 heavy (non-hydrogen) atoms. The van der Waals surface area contributed by atoms with Gasteiger partial charge in [-0.1, -0.05) is 0 Å². The third-order valence-corrected chi connectivity index (χ3v) is 3.92. The minimum absolute atomic E-state index is 0.127. The zero-order chi connectivity index (χ0) is 9.35. The molecular weight excluding hydrogens is 176 g/mol. The lowest BCUT2D eigenvalue weighted by Gasteiger charge is -2.36. The summed E-state index contributed by atoms with van der Waals surface area (Å²) in [6.45, 7) is 5.02. The Balaban J connectivity index is 2.42. The maximum atomic E-state index is 11.3. The number of sulfonamides is 1. The van der Waals surface area contributed by atoms with Crippen LogP contribution in [0.3, 0.4) is 0 Å². The van der Waals surface area contributed by atoms with Crippen molar-refractivity contribution in [1.82, 2.24) is 9.62 Å². The van der Waals surface area contributed by atoms with Crippen LogP contribution in [0.1, 0.15) is 13.8 Å². The highest BCUT2D eigenvalue weighted by molar-refractivity contribution is 7.90. The molecule has 5 heteroatoms. The summed E-state index contributed by atoms with van der Waals surface area (Å²) < 4.78 is 25.3. The molecule has 0 unspecified atom stereocenters. The molecule has 1 aliphatic rings. The molecule has 0 amide bonds. The first-order chi connectivity index (χ1) is 5.42. The first kappa shape index (κ1) is 9.95. The zero-order valence-electron chi connectivity index (χ0n) is 7.74. The molecular formula is C7H16N2O2S. The highest BCUT2D eigenvalue weighted by atomic mass is 32.2. The van der Waals surface area contributed by atoms with Gasteiger partial charge >= 0.3 is 0 Å². The van der Waals surface area contributed by atoms with Crippen molar-refractivity contribution in [2.75, 3.05) is 20.1 Å². The molecule has 1 fully saturated rings. The maximum absolute atomic E-state index is 11.3. The lowest BCUT2D eigenvalue weighted by atomic mass is 10.2. The Bertz CT molecular complexity index is 242. The van der Waals surface area contributed by atoms with Gasteiger partial charge in [-0.05, 0) is 20.9 Å². The lowest BCUT2D eigenvalue weighted by molar-refractivity contribution is 0.180. The van der Waals surface area contributed by atoms with Gasteiger partial charge < -0.3 is 4.90 Å². The Labute approximate surface area is 74.0 Å². The van der Waals surface area contributed by atoms with E-state index in [4.69, 9.17) is 0 Å². The van der Waals surface area contributed by atoms with E-state index >= 15 is 0 Å². The van der Waals surface area contributed by atoms with Crippen LogP contribution in [0.15, 0.2) is 0 Å². The fourth-order valence-electron chi connectivity index (χ4n) is 1.14. The summed E-state index contributed by atoms with van der Waals surface area (Å²) in [5.41, 5.74) is 0. The second-order valence-electron chi connectivity index (χ2n) is 3.63. The van der Waals surface area contributed by atoms with Crippen LogP contribution < -0.4 is 4.72 Å². The summed E-state index contributed by atoms with van der Waals surface area (Å²) in [6.07, 6.45) is 0. The van der Waals surface area contributed by atoms with Crippen molar-refractivity contribution in [1.29, 1.82) is 0 Å². The second-order valence-corrected chi connectivity index (χ2v) is 5.90. The number of hydrogen-bond acceptors (Lipinski definition) is 3. The molecule has 0 aromatic rings. The van der Waals surface area contributed by atoms with E-state index in [1.807, 2.05) is 7.05 Å². The average Bonchev–Trinajstić information content (AvgIpc) is 1.83. The molecule has 0 bridgehead atoms. The van der Waals surface area contributed by atoms with Gasteiger partial charge in [0.1, 0.15) is 0 Å². The van der Waals surface area contributed by atoms with E-state index in [0.717, 1.165) is 13.1 Å². The van der Waals surface area contributed by atoms with E-state index in [0.29, 0.717) is 0 Å². The van der Waals surface area contributed by atoms with Crippen molar-refractivity contribution in [3.05, 3.63) is 0 Å². The molecule has 0 atom stereocenters. The standard InChI is InChI=1S/C7H16N2O2S/c1-6(2)12(10,11)8-7-4-9(3)5-7/h6-8H,4-5H2,1-3H3. The van der Waals surface area contributed by atoms with Crippen molar-refractivity contribution in [2.45, 2.75) is 25.1 Å². The fourth-order valence-corrected chi connectivity index (χ4v) is 2.03. The van der Waals surface area contributed by atoms with Crippen LogP contribution in [-0.4, -0.2) is 44.7 Å². The van der Waals surface area contributed by atoms with Gasteiger partial charge in [-0.3, -0.25) is 0 Å². The molecule has 0 spiro atoms. The van der Waals surface area contributed by atoms with Gasteiger partial charge in [0.15, 0.2) is 0 Å². The van der Waals surface area contributed by atoms with Crippen LogP contribution in [0.5, 0.6) is 0 Å². The molecule has 0 aromatic heterocycles. The quantitative estimate of drug-likeness (QED) is 0.663. The number of nitrogens with zero attached hydrogens (tertiary/aromatic N) is 1. The monoisotopic (exact) mass is 192 g/mol. The van der Waals surface area contributed by atoms with Crippen LogP contribution >= 0.6 is 0 Å². The predicted octanol–water partition coefficient (Wildman–Crippen LogP) is -0.372. The molecule has 0 aromatic carbocycles. The molecule has 72 valence electrons. The smallest absolute Gasteiger partial charge is 0.214 e. The maximum Gasteiger partial charge on any atom is 0.214 e. The van der Waals surface area contributed by atoms with Crippen LogP contribution in [0, 0.1) is 0 Å². The Morgan fingerprint density at radius 2 is 1.92 bits per heavy atom. The van der Waals surface area contributed by atoms with E-state index in [2.05, 4.69) is 9.62 Å². The summed E-state index contributed by atoms with van der Waals surface area (Å²) in [4.78, 5) is 2.08. The molecule has 0 aliphatic carbocycles. The van der Waals surface area contributed by atoms with E-state index in [-0.39, 0.29) is 11.3 Å². The van der Waals surface area contributed by atoms with Crippen molar-refractivity contribution in [3.8, 4) is 0 Å². The minimum Gasteiger partial charge on any atom is -0.303 e. The molecule has 1 heterocycles. The molecule has 4 nitrogen and oxygen atoms in total. The molecule has 1 aliphatic heterocycles. The van der Waals surface area contributed by atoms with Crippen LogP contribution in [0.2, 0.25) is 0 Å². The van der Waals surface area contributed by atoms with Crippen molar-refractivity contribution in [2.24, 2.45) is 0 Å². The number of rotatable bonds is 3. The van der Waals surface area contributed by atoms with Gasteiger partial charge in [-0.15, -0.1) is 0 Å². The molecule has 1 rings (SSSR count). The van der Waals surface area contributed by atoms with E-state index in [9.17, 15) is 8.42 Å². The van der Waals surface area contributed by atoms with Gasteiger partial charge in [0.2, 0.25) is 10.0 Å². The second kappa shape index (κ2) is 3.32. The minimum atomic E-state index is -3.06. The largest absolute Gasteiger partial charge is 0.303 e. The molecule has 1 saturated heterocycles. The highest BCUT2D eigenvalue weighted by Crippen LogP contribution is 2.07. The topological polar surface area (TPSA) is 49.4 Å². The van der Waals surface area contributed by atoms with E-state index in [1.165, 1.54) is 0 Å². The SMILES string of the molecule is CC(C)S(=O)(=O)NC1CN(C)C1. The summed E-state index contributed by atoms with van der Waals surface area (Å²) >= 11 is 0. The average molecular weight is 192 g/mol. The van der Waals surface area contributed by atoms with Crippen LogP contribution in [-0.2, 0) is 10.0 Å². The Morgan fingerprint density at radius 3 is 2.25 bits per heavy atom. The zero-order valence-corrected chi connectivity index (χ0v) is 8.56. The van der Waals surface area contributed by atoms with Crippen LogP contribution in [0.25, 0.3) is 0 Å². The molecule has 1 N–H and O–H groups in total. The van der Waals surface area contributed by atoms with Gasteiger partial charge in [0.05, 0.1) is 5.25 Å². The van der Waals surface area contributed by atoms with Gasteiger partial charge in [-0.2, -0.15) is 0 Å². The van der Waals surface area contributed by atoms with Crippen molar-refractivity contribution < 1.29 is 8.42 Å². The summed E-state index contributed by atoms with van der Waals surface area (Å²) in [6, 6.07) is 0.127. The first-order valence-electron chi connectivity index (χ1n) is 4.11. The number of likely N-dealkylation sites (N-methyl/N-ethyl adjacent to an activating group) is 1. The third kappa shape index (κ3) is 2.18. The Morgan fingerprint density at radius 1 is 1.42 bits per heavy atom. The molecule has 0 radical (unpaired) electrons. The summed E-state index contributed by atoms with van der Waals surface area (Å²) in [7, 11) is -1.09. The van der Waals surface area contributed by atoms with Gasteiger partial charge in [0, 0.05) is 19.1 Å². The normalized spacial score (nSPS) is 21.3. The fraction of sp³-hybridized carbons (Fsp3) is 1.00. The summed E-state index contributed by atoms with van der Waals surface area (Å²) in [5.74, 6) is 0. The Hall–Kier alpha value is -0.130. The van der Waals surface area contributed by atoms with Gasteiger partial charge in [-0.25, -0.2) is 13.1 Å². The highest BCUT2D eigenvalue weighted by Gasteiger charge is 2.28. The van der Waals surface area contributed by atoms with E-state index in [1.54, 1.807) is 13.8 Å². The Kier molecular flexibility index (Phi) is 2.75. The van der Waals surface area contributed by atoms with Crippen molar-refractivity contribution in [3.63, 3.8) is 0 Å². The number of hydrogen-bond donors (Lipinski definition) is 1. The van der Waals surface area contributed by atoms with E-state index < -0.39 is 10.0 Å². The van der Waals surface area contributed by atoms with Gasteiger partial charge in [0.25, 0.3) is 0 Å². The van der Waals surface area contributed by atoms with Crippen molar-refractivity contribution >= 4 is 10.0 Å². The number of nitrogens with one attached hydrogen (secondary N) is 1. The van der Waals surface area contributed by atoms with Crippen LogP contribution in [0.4, 0.5) is 0 Å². The number of likely N-dealkylation sites (tertiary alicyclic amines) is 1. The molecule has 0 saturated carbocycles. The lowest BCUT2D eigenvalue weighted by Crippen LogP contribution is -2.58. The third-order valence-electron chi connectivity index (χ3n) is 2.02. The summed E-state index contributed by atoms with van der Waals surface area (Å²) in [5, 5.41) is -0.330. The first-order valence-corrected chi connectivity index (χ1v) is 5.66. The predicted molar refractivity (Wildman–Crippen MR) is 48.5 cm³/mol.